The fraction of sp³-hybridized carbons (Fsp3) is 0.476. The maximum absolute atomic E-state index is 13.5. The second-order valence-electron chi connectivity index (χ2n) is 7.87. The summed E-state index contributed by atoms with van der Waals surface area (Å²) in [4.78, 5) is 29.1. The Morgan fingerprint density at radius 2 is 2.07 bits per heavy atom. The molecule has 0 N–H and O–H groups in total. The lowest BCUT2D eigenvalue weighted by Gasteiger charge is -2.56. The van der Waals surface area contributed by atoms with E-state index in [1.165, 1.54) is 12.1 Å². The van der Waals surface area contributed by atoms with E-state index in [4.69, 9.17) is 4.52 Å². The third kappa shape index (κ3) is 3.08. The number of hydrogen-bond acceptors (Lipinski definition) is 4. The number of carbonyl (C=O) groups excluding carboxylic acids is 2. The van der Waals surface area contributed by atoms with Crippen LogP contribution in [0.3, 0.4) is 0 Å². The number of aromatic nitrogens is 1. The van der Waals surface area contributed by atoms with Crippen molar-refractivity contribution in [3.05, 3.63) is 41.9 Å². The number of halogens is 1. The van der Waals surface area contributed by atoms with Crippen LogP contribution in [0.15, 0.2) is 34.9 Å². The van der Waals surface area contributed by atoms with Crippen molar-refractivity contribution in [3.63, 3.8) is 0 Å². The number of fused-ring (bicyclic) bond motifs is 1. The molecule has 0 radical (unpaired) electrons. The Morgan fingerprint density at radius 1 is 1.25 bits per heavy atom. The van der Waals surface area contributed by atoms with Gasteiger partial charge >= 0.3 is 0 Å². The van der Waals surface area contributed by atoms with Crippen LogP contribution < -0.4 is 0 Å². The van der Waals surface area contributed by atoms with Crippen molar-refractivity contribution in [2.45, 2.75) is 51.1 Å². The topological polar surface area (TPSA) is 66.7 Å². The van der Waals surface area contributed by atoms with Crippen LogP contribution in [-0.4, -0.2) is 51.4 Å². The molecule has 2 aliphatic rings. The Kier molecular flexibility index (Phi) is 4.69. The van der Waals surface area contributed by atoms with Gasteiger partial charge in [-0.25, -0.2) is 4.39 Å². The van der Waals surface area contributed by atoms with Gasteiger partial charge in [-0.2, -0.15) is 0 Å². The van der Waals surface area contributed by atoms with Crippen LogP contribution in [0, 0.1) is 5.82 Å². The molecule has 0 aliphatic carbocycles. The predicted octanol–water partition coefficient (Wildman–Crippen LogP) is 3.49. The van der Waals surface area contributed by atoms with Crippen LogP contribution in [0.5, 0.6) is 0 Å². The highest BCUT2D eigenvalue weighted by atomic mass is 19.1. The summed E-state index contributed by atoms with van der Waals surface area (Å²) < 4.78 is 18.8. The molecule has 148 valence electrons. The fourth-order valence-electron chi connectivity index (χ4n) is 4.75. The minimum absolute atomic E-state index is 0.0158. The molecule has 4 rings (SSSR count). The van der Waals surface area contributed by atoms with Crippen molar-refractivity contribution in [1.29, 1.82) is 0 Å². The lowest BCUT2D eigenvalue weighted by atomic mass is 9.76. The molecular formula is C21H24FN3O3. The van der Waals surface area contributed by atoms with E-state index in [1.54, 1.807) is 25.1 Å². The first-order chi connectivity index (χ1) is 13.4. The number of piperidine rings is 2. The molecule has 2 amide bonds. The summed E-state index contributed by atoms with van der Waals surface area (Å²) in [6.45, 7) is 5.01. The molecule has 1 aromatic heterocycles. The molecule has 6 nitrogen and oxygen atoms in total. The summed E-state index contributed by atoms with van der Waals surface area (Å²) in [5.41, 5.74) is 0.562. The van der Waals surface area contributed by atoms with Crippen molar-refractivity contribution < 1.29 is 18.5 Å². The summed E-state index contributed by atoms with van der Waals surface area (Å²) in [6.07, 6.45) is 3.44. The van der Waals surface area contributed by atoms with E-state index in [9.17, 15) is 14.0 Å². The zero-order valence-corrected chi connectivity index (χ0v) is 16.2. The van der Waals surface area contributed by atoms with Gasteiger partial charge in [-0.3, -0.25) is 9.59 Å². The molecule has 0 unspecified atom stereocenters. The van der Waals surface area contributed by atoms with Crippen molar-refractivity contribution in [2.75, 3.05) is 13.1 Å². The summed E-state index contributed by atoms with van der Waals surface area (Å²) in [6, 6.07) is 7.61. The van der Waals surface area contributed by atoms with Crippen LogP contribution >= 0.6 is 0 Å². The largest absolute Gasteiger partial charge is 0.350 e. The van der Waals surface area contributed by atoms with Gasteiger partial charge in [-0.15, -0.1) is 0 Å². The number of carbonyl (C=O) groups is 2. The Hall–Kier alpha value is -2.70. The molecule has 2 aromatic rings. The van der Waals surface area contributed by atoms with Crippen LogP contribution in [0.4, 0.5) is 4.39 Å². The summed E-state index contributed by atoms with van der Waals surface area (Å²) in [5.74, 6) is -0.404. The van der Waals surface area contributed by atoms with Crippen LogP contribution in [0.25, 0.3) is 11.3 Å². The van der Waals surface area contributed by atoms with Crippen molar-refractivity contribution >= 4 is 11.8 Å². The highest BCUT2D eigenvalue weighted by Crippen LogP contribution is 2.40. The molecule has 2 atom stereocenters. The Labute approximate surface area is 163 Å². The van der Waals surface area contributed by atoms with Crippen LogP contribution in [-0.2, 0) is 4.79 Å². The monoisotopic (exact) mass is 385 g/mol. The van der Waals surface area contributed by atoms with E-state index in [-0.39, 0.29) is 29.4 Å². The standard InChI is InChI=1S/C21H24FN3O3/c1-14(26)24-10-5-9-21(2)19(24)8-4-11-25(21)20(27)18-13-17(23-28-18)15-6-3-7-16(22)12-15/h3,6-7,12-13,19H,4-5,8-11H2,1-2H3/t19-,21-/m0/s1. The van der Waals surface area contributed by atoms with Gasteiger partial charge in [0.05, 0.1) is 11.6 Å². The van der Waals surface area contributed by atoms with Crippen LogP contribution in [0.1, 0.15) is 50.1 Å². The lowest BCUT2D eigenvalue weighted by Crippen LogP contribution is -2.68. The van der Waals surface area contributed by atoms with Gasteiger partial charge in [0, 0.05) is 31.6 Å². The molecule has 0 bridgehead atoms. The Balaban J connectivity index is 1.62. The first-order valence-corrected chi connectivity index (χ1v) is 9.72. The highest BCUT2D eigenvalue weighted by molar-refractivity contribution is 5.93. The average molecular weight is 385 g/mol. The summed E-state index contributed by atoms with van der Waals surface area (Å²) in [7, 11) is 0. The molecule has 3 heterocycles. The minimum Gasteiger partial charge on any atom is -0.350 e. The Bertz CT molecular complexity index is 912. The Morgan fingerprint density at radius 3 is 2.82 bits per heavy atom. The van der Waals surface area contributed by atoms with E-state index >= 15 is 0 Å². The number of hydrogen-bond donors (Lipinski definition) is 0. The third-order valence-corrected chi connectivity index (χ3v) is 6.14. The molecule has 1 aromatic carbocycles. The van der Waals surface area contributed by atoms with Gasteiger partial charge in [0.15, 0.2) is 0 Å². The van der Waals surface area contributed by atoms with Crippen molar-refractivity contribution in [1.82, 2.24) is 15.0 Å². The van der Waals surface area contributed by atoms with E-state index < -0.39 is 5.54 Å². The van der Waals surface area contributed by atoms with Gasteiger partial charge in [0.1, 0.15) is 11.5 Å². The molecule has 2 aliphatic heterocycles. The average Bonchev–Trinajstić information content (AvgIpc) is 3.16. The van der Waals surface area contributed by atoms with Gasteiger partial charge < -0.3 is 14.3 Å². The molecular weight excluding hydrogens is 361 g/mol. The van der Waals surface area contributed by atoms with E-state index in [0.29, 0.717) is 17.8 Å². The van der Waals surface area contributed by atoms with Crippen LogP contribution in [0.2, 0.25) is 0 Å². The fourth-order valence-corrected chi connectivity index (χ4v) is 4.75. The van der Waals surface area contributed by atoms with Gasteiger partial charge in [-0.05, 0) is 44.7 Å². The van der Waals surface area contributed by atoms with Gasteiger partial charge in [0.25, 0.3) is 5.91 Å². The first kappa shape index (κ1) is 18.7. The van der Waals surface area contributed by atoms with Gasteiger partial charge in [0.2, 0.25) is 11.7 Å². The second kappa shape index (κ2) is 7.04. The molecule has 0 spiro atoms. The molecule has 2 saturated heterocycles. The highest BCUT2D eigenvalue weighted by Gasteiger charge is 2.50. The number of nitrogens with zero attached hydrogens (tertiary/aromatic N) is 3. The number of likely N-dealkylation sites (tertiary alicyclic amines) is 2. The normalized spacial score (nSPS) is 24.8. The number of amides is 2. The molecule has 28 heavy (non-hydrogen) atoms. The summed E-state index contributed by atoms with van der Waals surface area (Å²) >= 11 is 0. The van der Waals surface area contributed by atoms with Crippen molar-refractivity contribution in [3.8, 4) is 11.3 Å². The maximum atomic E-state index is 13.5. The second-order valence-corrected chi connectivity index (χ2v) is 7.87. The zero-order valence-electron chi connectivity index (χ0n) is 16.2. The first-order valence-electron chi connectivity index (χ1n) is 9.72. The number of rotatable bonds is 2. The van der Waals surface area contributed by atoms with E-state index in [0.717, 1.165) is 32.2 Å². The lowest BCUT2D eigenvalue weighted by molar-refractivity contribution is -0.140. The minimum atomic E-state index is -0.426. The van der Waals surface area contributed by atoms with Crippen molar-refractivity contribution in [2.24, 2.45) is 0 Å². The van der Waals surface area contributed by atoms with Gasteiger partial charge in [-0.1, -0.05) is 17.3 Å². The third-order valence-electron chi connectivity index (χ3n) is 6.14. The van der Waals surface area contributed by atoms with E-state index in [1.807, 2.05) is 9.80 Å². The maximum Gasteiger partial charge on any atom is 0.293 e. The zero-order chi connectivity index (χ0) is 19.9. The molecule has 0 saturated carbocycles. The quantitative estimate of drug-likeness (QED) is 0.794. The smallest absolute Gasteiger partial charge is 0.293 e. The van der Waals surface area contributed by atoms with E-state index in [2.05, 4.69) is 12.1 Å². The summed E-state index contributed by atoms with van der Waals surface area (Å²) in [5, 5.41) is 3.96. The molecule has 7 heteroatoms. The molecule has 2 fully saturated rings. The predicted molar refractivity (Wildman–Crippen MR) is 101 cm³/mol. The SMILES string of the molecule is CC(=O)N1CCC[C@@]2(C)[C@@H]1CCCN2C(=O)c1cc(-c2cccc(F)c2)no1. The number of benzene rings is 1.